The highest BCUT2D eigenvalue weighted by Crippen LogP contribution is 2.28. The monoisotopic (exact) mass is 256 g/mol. The number of carbonyl (C=O) groups excluding carboxylic acids is 1. The number of ketones is 1. The minimum Gasteiger partial charge on any atom is -0.494 e. The summed E-state index contributed by atoms with van der Waals surface area (Å²) in [5.41, 5.74) is 1.47. The van der Waals surface area contributed by atoms with Crippen molar-refractivity contribution in [1.29, 1.82) is 0 Å². The van der Waals surface area contributed by atoms with E-state index in [2.05, 4.69) is 10.3 Å². The van der Waals surface area contributed by atoms with Crippen molar-refractivity contribution in [3.63, 3.8) is 0 Å². The summed E-state index contributed by atoms with van der Waals surface area (Å²) in [6.45, 7) is 0.919. The van der Waals surface area contributed by atoms with E-state index in [4.69, 9.17) is 4.74 Å². The molecule has 98 valence electrons. The van der Waals surface area contributed by atoms with Gasteiger partial charge in [-0.1, -0.05) is 6.07 Å². The molecular formula is C15H16N2O2. The first kappa shape index (κ1) is 12.1. The molecule has 0 spiro atoms. The molecule has 4 nitrogen and oxygen atoms in total. The second-order valence-electron chi connectivity index (χ2n) is 4.73. The molecule has 1 fully saturated rings. The van der Waals surface area contributed by atoms with Gasteiger partial charge in [0.1, 0.15) is 11.3 Å². The van der Waals surface area contributed by atoms with Crippen LogP contribution in [0.2, 0.25) is 0 Å². The largest absolute Gasteiger partial charge is 0.494 e. The van der Waals surface area contributed by atoms with Crippen LogP contribution in [0.15, 0.2) is 30.5 Å². The minimum atomic E-state index is -0.0585. The molecule has 3 rings (SSSR count). The molecule has 2 heterocycles. The minimum absolute atomic E-state index is 0.0585. The number of nitrogens with one attached hydrogen (secondary N) is 1. The molecule has 1 unspecified atom stereocenters. The van der Waals surface area contributed by atoms with Crippen molar-refractivity contribution in [2.24, 2.45) is 0 Å². The number of ether oxygens (including phenoxy) is 1. The van der Waals surface area contributed by atoms with Crippen LogP contribution < -0.4 is 10.1 Å². The molecule has 0 aliphatic carbocycles. The van der Waals surface area contributed by atoms with Crippen LogP contribution in [0.25, 0.3) is 10.9 Å². The third-order valence-corrected chi connectivity index (χ3v) is 3.59. The number of benzene rings is 1. The molecule has 2 aromatic rings. The zero-order valence-corrected chi connectivity index (χ0v) is 10.8. The van der Waals surface area contributed by atoms with Gasteiger partial charge in [-0.05, 0) is 37.6 Å². The SMILES string of the molecule is COc1ccc(C(=O)C2CCCN2)c2cccnc12. The fourth-order valence-corrected chi connectivity index (χ4v) is 2.62. The molecule has 1 aliphatic rings. The van der Waals surface area contributed by atoms with E-state index in [0.717, 1.165) is 35.9 Å². The Morgan fingerprint density at radius 2 is 2.32 bits per heavy atom. The van der Waals surface area contributed by atoms with Crippen molar-refractivity contribution in [1.82, 2.24) is 10.3 Å². The molecule has 1 atom stereocenters. The van der Waals surface area contributed by atoms with E-state index >= 15 is 0 Å². The molecular weight excluding hydrogens is 240 g/mol. The summed E-state index contributed by atoms with van der Waals surface area (Å²) in [5.74, 6) is 0.852. The van der Waals surface area contributed by atoms with Gasteiger partial charge in [-0.25, -0.2) is 0 Å². The number of aromatic nitrogens is 1. The van der Waals surface area contributed by atoms with Crippen LogP contribution in [0.1, 0.15) is 23.2 Å². The highest BCUT2D eigenvalue weighted by atomic mass is 16.5. The Bertz CT molecular complexity index is 619. The van der Waals surface area contributed by atoms with E-state index in [9.17, 15) is 4.79 Å². The van der Waals surface area contributed by atoms with Crippen molar-refractivity contribution in [3.8, 4) is 5.75 Å². The first-order chi connectivity index (χ1) is 9.31. The van der Waals surface area contributed by atoms with Gasteiger partial charge >= 0.3 is 0 Å². The summed E-state index contributed by atoms with van der Waals surface area (Å²) in [4.78, 5) is 16.9. The van der Waals surface area contributed by atoms with E-state index in [-0.39, 0.29) is 11.8 Å². The molecule has 1 N–H and O–H groups in total. The van der Waals surface area contributed by atoms with E-state index in [1.54, 1.807) is 13.3 Å². The Hall–Kier alpha value is -1.94. The molecule has 1 aromatic carbocycles. The van der Waals surface area contributed by atoms with Gasteiger partial charge in [-0.2, -0.15) is 0 Å². The molecule has 0 amide bonds. The predicted molar refractivity (Wildman–Crippen MR) is 73.7 cm³/mol. The second-order valence-corrected chi connectivity index (χ2v) is 4.73. The average molecular weight is 256 g/mol. The Balaban J connectivity index is 2.11. The van der Waals surface area contributed by atoms with Crippen LogP contribution in [0.3, 0.4) is 0 Å². The van der Waals surface area contributed by atoms with Crippen molar-refractivity contribution >= 4 is 16.7 Å². The summed E-state index contributed by atoms with van der Waals surface area (Å²) < 4.78 is 5.30. The summed E-state index contributed by atoms with van der Waals surface area (Å²) in [6.07, 6.45) is 3.68. The number of nitrogens with zero attached hydrogens (tertiary/aromatic N) is 1. The Morgan fingerprint density at radius 1 is 1.42 bits per heavy atom. The van der Waals surface area contributed by atoms with Crippen molar-refractivity contribution in [2.75, 3.05) is 13.7 Å². The lowest BCUT2D eigenvalue weighted by atomic mass is 9.98. The lowest BCUT2D eigenvalue weighted by Crippen LogP contribution is -2.30. The number of methoxy groups -OCH3 is 1. The second kappa shape index (κ2) is 4.97. The lowest BCUT2D eigenvalue weighted by molar-refractivity contribution is 0.0954. The van der Waals surface area contributed by atoms with Crippen molar-refractivity contribution in [3.05, 3.63) is 36.0 Å². The normalized spacial score (nSPS) is 18.7. The fraction of sp³-hybridized carbons (Fsp3) is 0.333. The Labute approximate surface area is 111 Å². The predicted octanol–water partition coefficient (Wildman–Crippen LogP) is 2.18. The van der Waals surface area contributed by atoms with Gasteiger partial charge in [-0.15, -0.1) is 0 Å². The van der Waals surface area contributed by atoms with Gasteiger partial charge < -0.3 is 10.1 Å². The summed E-state index contributed by atoms with van der Waals surface area (Å²) >= 11 is 0. The standard InChI is InChI=1S/C15H16N2O2/c1-19-13-7-6-11(10-4-2-9-17-14(10)13)15(18)12-5-3-8-16-12/h2,4,6-7,9,12,16H,3,5,8H2,1H3. The molecule has 4 heteroatoms. The fourth-order valence-electron chi connectivity index (χ4n) is 2.62. The molecule has 0 saturated carbocycles. The van der Waals surface area contributed by atoms with Crippen molar-refractivity contribution in [2.45, 2.75) is 18.9 Å². The number of Topliss-reactive ketones (excluding diaryl/α,β-unsaturated/α-hetero) is 1. The third kappa shape index (κ3) is 2.08. The van der Waals surface area contributed by atoms with Crippen LogP contribution in [0, 0.1) is 0 Å². The summed E-state index contributed by atoms with van der Waals surface area (Å²) in [6, 6.07) is 7.37. The number of hydrogen-bond acceptors (Lipinski definition) is 4. The van der Waals surface area contributed by atoms with Crippen LogP contribution >= 0.6 is 0 Å². The van der Waals surface area contributed by atoms with E-state index in [1.807, 2.05) is 24.3 Å². The smallest absolute Gasteiger partial charge is 0.180 e. The highest BCUT2D eigenvalue weighted by Gasteiger charge is 2.25. The topological polar surface area (TPSA) is 51.2 Å². The van der Waals surface area contributed by atoms with Gasteiger partial charge in [0.05, 0.1) is 13.2 Å². The maximum atomic E-state index is 12.5. The van der Waals surface area contributed by atoms with Gasteiger partial charge in [-0.3, -0.25) is 9.78 Å². The van der Waals surface area contributed by atoms with Crippen LogP contribution in [-0.2, 0) is 0 Å². The van der Waals surface area contributed by atoms with Crippen LogP contribution in [0.5, 0.6) is 5.75 Å². The zero-order valence-electron chi connectivity index (χ0n) is 10.8. The zero-order chi connectivity index (χ0) is 13.2. The molecule has 1 saturated heterocycles. The third-order valence-electron chi connectivity index (χ3n) is 3.59. The number of pyridine rings is 1. The van der Waals surface area contributed by atoms with Gasteiger partial charge in [0.2, 0.25) is 0 Å². The van der Waals surface area contributed by atoms with Gasteiger partial charge in [0.15, 0.2) is 5.78 Å². The first-order valence-electron chi connectivity index (χ1n) is 6.50. The summed E-state index contributed by atoms with van der Waals surface area (Å²) in [5, 5.41) is 4.11. The molecule has 19 heavy (non-hydrogen) atoms. The Morgan fingerprint density at radius 3 is 3.05 bits per heavy atom. The van der Waals surface area contributed by atoms with Gasteiger partial charge in [0.25, 0.3) is 0 Å². The average Bonchev–Trinajstić information content (AvgIpc) is 2.99. The number of carbonyl (C=O) groups is 1. The quantitative estimate of drug-likeness (QED) is 0.855. The van der Waals surface area contributed by atoms with Gasteiger partial charge in [0, 0.05) is 17.1 Å². The van der Waals surface area contributed by atoms with E-state index < -0.39 is 0 Å². The lowest BCUT2D eigenvalue weighted by Gasteiger charge is -2.12. The van der Waals surface area contributed by atoms with Crippen molar-refractivity contribution < 1.29 is 9.53 Å². The number of fused-ring (bicyclic) bond motifs is 1. The van der Waals surface area contributed by atoms with Crippen LogP contribution in [0.4, 0.5) is 0 Å². The highest BCUT2D eigenvalue weighted by molar-refractivity contribution is 6.11. The number of rotatable bonds is 3. The van der Waals surface area contributed by atoms with E-state index in [1.165, 1.54) is 0 Å². The Kier molecular flexibility index (Phi) is 3.17. The maximum Gasteiger partial charge on any atom is 0.180 e. The molecule has 0 radical (unpaired) electrons. The summed E-state index contributed by atoms with van der Waals surface area (Å²) in [7, 11) is 1.61. The molecule has 0 bridgehead atoms. The maximum absolute atomic E-state index is 12.5. The first-order valence-corrected chi connectivity index (χ1v) is 6.50. The van der Waals surface area contributed by atoms with Crippen LogP contribution in [-0.4, -0.2) is 30.5 Å². The molecule has 1 aromatic heterocycles. The number of hydrogen-bond donors (Lipinski definition) is 1. The van der Waals surface area contributed by atoms with E-state index in [0.29, 0.717) is 5.75 Å². The molecule has 1 aliphatic heterocycles.